The van der Waals surface area contributed by atoms with E-state index in [4.69, 9.17) is 0 Å². The fourth-order valence-corrected chi connectivity index (χ4v) is 2.77. The Morgan fingerprint density at radius 2 is 2.21 bits per heavy atom. The first-order valence-corrected chi connectivity index (χ1v) is 7.55. The molecule has 1 N–H and O–H groups in total. The molecule has 0 radical (unpaired) electrons. The lowest BCUT2D eigenvalue weighted by atomic mass is 10.2. The highest BCUT2D eigenvalue weighted by Crippen LogP contribution is 2.11. The van der Waals surface area contributed by atoms with Gasteiger partial charge in [0.2, 0.25) is 0 Å². The van der Waals surface area contributed by atoms with Crippen LogP contribution in [0.4, 0.5) is 10.6 Å². The second-order valence-electron chi connectivity index (χ2n) is 4.67. The van der Waals surface area contributed by atoms with Gasteiger partial charge in [-0.3, -0.25) is 0 Å². The summed E-state index contributed by atoms with van der Waals surface area (Å²) in [5.74, 6) is 2.97. The summed E-state index contributed by atoms with van der Waals surface area (Å²) < 4.78 is 0. The molecule has 1 aliphatic heterocycles. The summed E-state index contributed by atoms with van der Waals surface area (Å²) in [7, 11) is 3.91. The average Bonchev–Trinajstić information content (AvgIpc) is 2.46. The van der Waals surface area contributed by atoms with Gasteiger partial charge in [-0.15, -0.1) is 0 Å². The van der Waals surface area contributed by atoms with E-state index in [1.165, 1.54) is 0 Å². The molecule has 1 fully saturated rings. The minimum atomic E-state index is 0.0310. The third-order valence-electron chi connectivity index (χ3n) is 3.01. The number of urea groups is 1. The van der Waals surface area contributed by atoms with E-state index in [-0.39, 0.29) is 6.03 Å². The molecule has 6 heteroatoms. The van der Waals surface area contributed by atoms with Crippen LogP contribution in [0.3, 0.4) is 0 Å². The zero-order valence-corrected chi connectivity index (χ0v) is 12.2. The van der Waals surface area contributed by atoms with E-state index in [9.17, 15) is 4.79 Å². The average molecular weight is 280 g/mol. The van der Waals surface area contributed by atoms with E-state index in [1.54, 1.807) is 6.20 Å². The van der Waals surface area contributed by atoms with Crippen LogP contribution in [0, 0.1) is 0 Å². The largest absolute Gasteiger partial charge is 0.363 e. The summed E-state index contributed by atoms with van der Waals surface area (Å²) >= 11 is 1.90. The van der Waals surface area contributed by atoms with Crippen molar-refractivity contribution in [3.05, 3.63) is 23.9 Å². The summed E-state index contributed by atoms with van der Waals surface area (Å²) in [6, 6.07) is 3.95. The maximum absolute atomic E-state index is 12.0. The number of aromatic nitrogens is 1. The molecule has 2 heterocycles. The maximum Gasteiger partial charge on any atom is 0.317 e. The zero-order valence-electron chi connectivity index (χ0n) is 11.4. The number of pyridine rings is 1. The third kappa shape index (κ3) is 4.02. The summed E-state index contributed by atoms with van der Waals surface area (Å²) in [4.78, 5) is 20.1. The molecule has 1 aromatic rings. The normalized spacial score (nSPS) is 15.2. The molecule has 104 valence electrons. The fourth-order valence-electron chi connectivity index (χ4n) is 1.87. The smallest absolute Gasteiger partial charge is 0.317 e. The van der Waals surface area contributed by atoms with Gasteiger partial charge in [-0.05, 0) is 17.7 Å². The van der Waals surface area contributed by atoms with Crippen LogP contribution >= 0.6 is 11.8 Å². The molecule has 2 amide bonds. The van der Waals surface area contributed by atoms with Crippen LogP contribution in [0.15, 0.2) is 18.3 Å². The molecule has 0 saturated carbocycles. The zero-order chi connectivity index (χ0) is 13.7. The van der Waals surface area contributed by atoms with Gasteiger partial charge >= 0.3 is 6.03 Å². The van der Waals surface area contributed by atoms with E-state index in [2.05, 4.69) is 10.3 Å². The Kier molecular flexibility index (Phi) is 4.90. The number of rotatable bonds is 3. The van der Waals surface area contributed by atoms with Crippen molar-refractivity contribution in [2.45, 2.75) is 6.54 Å². The predicted molar refractivity (Wildman–Crippen MR) is 79.7 cm³/mol. The summed E-state index contributed by atoms with van der Waals surface area (Å²) in [6.07, 6.45) is 1.77. The number of amides is 2. The van der Waals surface area contributed by atoms with Crippen molar-refractivity contribution in [3.63, 3.8) is 0 Å². The van der Waals surface area contributed by atoms with E-state index < -0.39 is 0 Å². The van der Waals surface area contributed by atoms with Crippen LogP contribution in [0.5, 0.6) is 0 Å². The quantitative estimate of drug-likeness (QED) is 0.909. The van der Waals surface area contributed by atoms with Gasteiger partial charge in [0.25, 0.3) is 0 Å². The molecule has 0 unspecified atom stereocenters. The molecule has 1 saturated heterocycles. The molecule has 2 rings (SSSR count). The van der Waals surface area contributed by atoms with Crippen molar-refractivity contribution in [2.24, 2.45) is 0 Å². The maximum atomic E-state index is 12.0. The number of carbonyl (C=O) groups is 1. The minimum absolute atomic E-state index is 0.0310. The molecule has 0 bridgehead atoms. The minimum Gasteiger partial charge on any atom is -0.363 e. The molecule has 19 heavy (non-hydrogen) atoms. The first-order chi connectivity index (χ1) is 9.16. The van der Waals surface area contributed by atoms with Crippen molar-refractivity contribution < 1.29 is 4.79 Å². The molecule has 1 aromatic heterocycles. The molecular formula is C13H20N4OS. The predicted octanol–water partition coefficient (Wildman–Crippen LogP) is 1.41. The highest BCUT2D eigenvalue weighted by Gasteiger charge is 2.15. The highest BCUT2D eigenvalue weighted by atomic mass is 32.2. The van der Waals surface area contributed by atoms with Gasteiger partial charge in [-0.1, -0.05) is 0 Å². The summed E-state index contributed by atoms with van der Waals surface area (Å²) in [6.45, 7) is 2.23. The van der Waals surface area contributed by atoms with Gasteiger partial charge in [-0.25, -0.2) is 9.78 Å². The van der Waals surface area contributed by atoms with Gasteiger partial charge in [-0.2, -0.15) is 11.8 Å². The van der Waals surface area contributed by atoms with Gasteiger partial charge in [0.15, 0.2) is 0 Å². The standard InChI is InChI=1S/C13H20N4OS/c1-16(2)12-9-11(3-4-14-12)10-15-13(18)17-5-7-19-8-6-17/h3-4,9H,5-8,10H2,1-2H3,(H,15,18). The fraction of sp³-hybridized carbons (Fsp3) is 0.538. The van der Waals surface area contributed by atoms with Crippen molar-refractivity contribution in [2.75, 3.05) is 43.6 Å². The highest BCUT2D eigenvalue weighted by molar-refractivity contribution is 7.99. The number of hydrogen-bond acceptors (Lipinski definition) is 4. The molecule has 5 nitrogen and oxygen atoms in total. The van der Waals surface area contributed by atoms with Crippen LogP contribution in [0.1, 0.15) is 5.56 Å². The van der Waals surface area contributed by atoms with E-state index in [0.29, 0.717) is 6.54 Å². The Hall–Kier alpha value is -1.43. The third-order valence-corrected chi connectivity index (χ3v) is 3.95. The SMILES string of the molecule is CN(C)c1cc(CNC(=O)N2CCSCC2)ccn1. The Labute approximate surface area is 118 Å². The van der Waals surface area contributed by atoms with E-state index >= 15 is 0 Å². The van der Waals surface area contributed by atoms with Gasteiger partial charge in [0, 0.05) is 51.4 Å². The first-order valence-electron chi connectivity index (χ1n) is 6.39. The molecule has 0 spiro atoms. The number of nitrogens with zero attached hydrogens (tertiary/aromatic N) is 3. The molecule has 0 aromatic carbocycles. The molecular weight excluding hydrogens is 260 g/mol. The lowest BCUT2D eigenvalue weighted by molar-refractivity contribution is 0.202. The number of hydrogen-bond donors (Lipinski definition) is 1. The number of anilines is 1. The molecule has 0 atom stereocenters. The Morgan fingerprint density at radius 1 is 1.47 bits per heavy atom. The van der Waals surface area contributed by atoms with Crippen LogP contribution < -0.4 is 10.2 Å². The van der Waals surface area contributed by atoms with Crippen LogP contribution in [0.2, 0.25) is 0 Å². The van der Waals surface area contributed by atoms with Gasteiger partial charge < -0.3 is 15.1 Å². The molecule has 1 aliphatic rings. The van der Waals surface area contributed by atoms with Crippen molar-refractivity contribution in [3.8, 4) is 0 Å². The number of thioether (sulfide) groups is 1. The van der Waals surface area contributed by atoms with Gasteiger partial charge in [0.05, 0.1) is 0 Å². The van der Waals surface area contributed by atoms with E-state index in [0.717, 1.165) is 36.0 Å². The van der Waals surface area contributed by atoms with Crippen LogP contribution in [-0.2, 0) is 6.54 Å². The first kappa shape index (κ1) is 14.0. The summed E-state index contributed by atoms with van der Waals surface area (Å²) in [5.41, 5.74) is 1.07. The summed E-state index contributed by atoms with van der Waals surface area (Å²) in [5, 5.41) is 2.97. The second-order valence-corrected chi connectivity index (χ2v) is 5.90. The second kappa shape index (κ2) is 6.65. The lowest BCUT2D eigenvalue weighted by Crippen LogP contribution is -2.44. The van der Waals surface area contributed by atoms with Crippen LogP contribution in [-0.4, -0.2) is 54.6 Å². The Balaban J connectivity index is 1.87. The lowest BCUT2D eigenvalue weighted by Gasteiger charge is -2.26. The van der Waals surface area contributed by atoms with Crippen molar-refractivity contribution in [1.82, 2.24) is 15.2 Å². The topological polar surface area (TPSA) is 48.5 Å². The molecule has 0 aliphatic carbocycles. The van der Waals surface area contributed by atoms with E-state index in [1.807, 2.05) is 47.8 Å². The van der Waals surface area contributed by atoms with Crippen molar-refractivity contribution >= 4 is 23.6 Å². The number of carbonyl (C=O) groups excluding carboxylic acids is 1. The van der Waals surface area contributed by atoms with Gasteiger partial charge in [0.1, 0.15) is 5.82 Å². The van der Waals surface area contributed by atoms with Crippen molar-refractivity contribution in [1.29, 1.82) is 0 Å². The Morgan fingerprint density at radius 3 is 2.89 bits per heavy atom. The number of nitrogens with one attached hydrogen (secondary N) is 1. The Bertz CT molecular complexity index is 432. The monoisotopic (exact) mass is 280 g/mol. The van der Waals surface area contributed by atoms with Crippen LogP contribution in [0.25, 0.3) is 0 Å².